The van der Waals surface area contributed by atoms with Crippen molar-refractivity contribution >= 4 is 11.8 Å². The molecule has 7 heteroatoms. The molecule has 1 N–H and O–H groups in total. The maximum Gasteiger partial charge on any atom is 0.254 e. The molecule has 1 aliphatic heterocycles. The second-order valence-electron chi connectivity index (χ2n) is 8.83. The van der Waals surface area contributed by atoms with Gasteiger partial charge in [-0.25, -0.2) is 9.97 Å². The van der Waals surface area contributed by atoms with Crippen molar-refractivity contribution in [1.29, 1.82) is 0 Å². The highest BCUT2D eigenvalue weighted by Gasteiger charge is 2.29. The van der Waals surface area contributed by atoms with Gasteiger partial charge in [-0.1, -0.05) is 30.4 Å². The van der Waals surface area contributed by atoms with Crippen molar-refractivity contribution in [2.24, 2.45) is 11.8 Å². The highest BCUT2D eigenvalue weighted by molar-refractivity contribution is 5.94. The zero-order chi connectivity index (χ0) is 23.0. The predicted molar refractivity (Wildman–Crippen MR) is 126 cm³/mol. The molecule has 2 aliphatic rings. The summed E-state index contributed by atoms with van der Waals surface area (Å²) in [5, 5.41) is 2.97. The molecular weight excluding hydrogens is 416 g/mol. The molecule has 0 saturated carbocycles. The van der Waals surface area contributed by atoms with Gasteiger partial charge in [-0.15, -0.1) is 0 Å². The number of carbonyl (C=O) groups excluding carboxylic acids is 2. The van der Waals surface area contributed by atoms with Crippen LogP contribution < -0.4 is 10.1 Å². The van der Waals surface area contributed by atoms with Crippen LogP contribution in [0.3, 0.4) is 0 Å². The molecule has 4 rings (SSSR count). The van der Waals surface area contributed by atoms with E-state index in [1.165, 1.54) is 6.33 Å². The van der Waals surface area contributed by atoms with Gasteiger partial charge in [0.25, 0.3) is 5.91 Å². The Bertz CT molecular complexity index is 999. The number of benzene rings is 1. The Kier molecular flexibility index (Phi) is 7.70. The minimum atomic E-state index is -0.186. The largest absolute Gasteiger partial charge is 0.496 e. The molecule has 1 fully saturated rings. The smallest absolute Gasteiger partial charge is 0.254 e. The van der Waals surface area contributed by atoms with E-state index in [9.17, 15) is 9.59 Å². The van der Waals surface area contributed by atoms with Crippen molar-refractivity contribution in [3.05, 3.63) is 65.8 Å². The van der Waals surface area contributed by atoms with Crippen molar-refractivity contribution in [3.8, 4) is 5.75 Å². The number of rotatable bonds is 7. The Morgan fingerprint density at radius 2 is 1.97 bits per heavy atom. The molecule has 0 unspecified atom stereocenters. The molecule has 2 amide bonds. The fraction of sp³-hybridized carbons (Fsp3) is 0.462. The van der Waals surface area contributed by atoms with Gasteiger partial charge in [-0.05, 0) is 50.5 Å². The lowest BCUT2D eigenvalue weighted by Gasteiger charge is -2.34. The van der Waals surface area contributed by atoms with Crippen molar-refractivity contribution in [3.63, 3.8) is 0 Å². The van der Waals surface area contributed by atoms with E-state index in [4.69, 9.17) is 4.74 Å². The molecule has 33 heavy (non-hydrogen) atoms. The Morgan fingerprint density at radius 3 is 2.73 bits per heavy atom. The van der Waals surface area contributed by atoms with E-state index in [1.54, 1.807) is 13.3 Å². The maximum absolute atomic E-state index is 12.9. The van der Waals surface area contributed by atoms with Gasteiger partial charge in [0.1, 0.15) is 12.1 Å². The van der Waals surface area contributed by atoms with Gasteiger partial charge in [-0.2, -0.15) is 0 Å². The van der Waals surface area contributed by atoms with Crippen LogP contribution in [0.1, 0.15) is 53.7 Å². The normalized spacial score (nSPS) is 18.7. The van der Waals surface area contributed by atoms with Gasteiger partial charge in [-0.3, -0.25) is 9.59 Å². The third-order valence-corrected chi connectivity index (χ3v) is 6.70. The lowest BCUT2D eigenvalue weighted by atomic mass is 9.88. The van der Waals surface area contributed by atoms with E-state index < -0.39 is 0 Å². The van der Waals surface area contributed by atoms with Crippen LogP contribution in [0.15, 0.2) is 48.9 Å². The number of allylic oxidation sites excluding steroid dienone is 2. The lowest BCUT2D eigenvalue weighted by molar-refractivity contribution is -0.137. The molecule has 174 valence electrons. The topological polar surface area (TPSA) is 84.4 Å². The number of para-hydroxylation sites is 1. The van der Waals surface area contributed by atoms with Crippen LogP contribution in [0.25, 0.3) is 0 Å². The number of aromatic nitrogens is 2. The second-order valence-corrected chi connectivity index (χ2v) is 8.83. The summed E-state index contributed by atoms with van der Waals surface area (Å²) in [6, 6.07) is 7.63. The molecule has 1 atom stereocenters. The summed E-state index contributed by atoms with van der Waals surface area (Å²) in [5.74, 6) is 1.40. The van der Waals surface area contributed by atoms with Gasteiger partial charge in [0.2, 0.25) is 5.91 Å². The lowest BCUT2D eigenvalue weighted by Crippen LogP contribution is -2.42. The average molecular weight is 449 g/mol. The fourth-order valence-corrected chi connectivity index (χ4v) is 4.73. The van der Waals surface area contributed by atoms with Crippen LogP contribution in [0, 0.1) is 11.8 Å². The Hall–Kier alpha value is -3.22. The van der Waals surface area contributed by atoms with E-state index in [2.05, 4.69) is 27.4 Å². The zero-order valence-corrected chi connectivity index (χ0v) is 19.2. The SMILES string of the molecule is COc1ccccc1CNC(=O)c1cncnc1CC1CCN(C(=O)[C@@H]2CC=CCC2)CC1. The standard InChI is InChI=1S/C26H32N4O3/c1-33-24-10-6-5-9-21(24)16-28-25(31)22-17-27-18-29-23(22)15-19-11-13-30(14-12-19)26(32)20-7-3-2-4-8-20/h2-3,5-6,9-10,17-20H,4,7-8,11-16H2,1H3,(H,28,31)/t20-/m1/s1. The van der Waals surface area contributed by atoms with Gasteiger partial charge in [0.15, 0.2) is 0 Å². The molecule has 1 saturated heterocycles. The highest BCUT2D eigenvalue weighted by Crippen LogP contribution is 2.26. The molecule has 1 aromatic heterocycles. The van der Waals surface area contributed by atoms with Gasteiger partial charge < -0.3 is 15.0 Å². The summed E-state index contributed by atoms with van der Waals surface area (Å²) in [6.45, 7) is 1.93. The van der Waals surface area contributed by atoms with E-state index in [1.807, 2.05) is 29.2 Å². The minimum absolute atomic E-state index is 0.145. The summed E-state index contributed by atoms with van der Waals surface area (Å²) in [4.78, 5) is 36.2. The van der Waals surface area contributed by atoms with Gasteiger partial charge >= 0.3 is 0 Å². The second kappa shape index (κ2) is 11.1. The van der Waals surface area contributed by atoms with Crippen LogP contribution in [-0.4, -0.2) is 46.9 Å². The molecule has 1 aliphatic carbocycles. The minimum Gasteiger partial charge on any atom is -0.496 e. The van der Waals surface area contributed by atoms with E-state index >= 15 is 0 Å². The van der Waals surface area contributed by atoms with Crippen molar-refractivity contribution in [2.45, 2.75) is 45.1 Å². The van der Waals surface area contributed by atoms with Crippen LogP contribution in [0.4, 0.5) is 0 Å². The van der Waals surface area contributed by atoms with E-state index in [0.29, 0.717) is 30.4 Å². The summed E-state index contributed by atoms with van der Waals surface area (Å²) >= 11 is 0. The molecule has 0 radical (unpaired) electrons. The number of nitrogens with one attached hydrogen (secondary N) is 1. The summed E-state index contributed by atoms with van der Waals surface area (Å²) in [5.41, 5.74) is 2.20. The van der Waals surface area contributed by atoms with Crippen LogP contribution in [0.2, 0.25) is 0 Å². The molecule has 0 spiro atoms. The first-order valence-electron chi connectivity index (χ1n) is 11.8. The third kappa shape index (κ3) is 5.78. The molecular formula is C26H32N4O3. The van der Waals surface area contributed by atoms with E-state index in [0.717, 1.165) is 62.2 Å². The number of piperidine rings is 1. The first-order valence-corrected chi connectivity index (χ1v) is 11.8. The first-order chi connectivity index (χ1) is 16.2. The predicted octanol–water partition coefficient (Wildman–Crippen LogP) is 3.55. The number of likely N-dealkylation sites (tertiary alicyclic amines) is 1. The Balaban J connectivity index is 1.33. The van der Waals surface area contributed by atoms with Crippen LogP contribution in [0.5, 0.6) is 5.75 Å². The van der Waals surface area contributed by atoms with Crippen molar-refractivity contribution < 1.29 is 14.3 Å². The van der Waals surface area contributed by atoms with Gasteiger partial charge in [0, 0.05) is 37.3 Å². The van der Waals surface area contributed by atoms with Crippen LogP contribution >= 0.6 is 0 Å². The maximum atomic E-state index is 12.9. The number of carbonyl (C=O) groups is 2. The highest BCUT2D eigenvalue weighted by atomic mass is 16.5. The molecule has 7 nitrogen and oxygen atoms in total. The molecule has 2 aromatic rings. The summed E-state index contributed by atoms with van der Waals surface area (Å²) in [7, 11) is 1.62. The molecule has 0 bridgehead atoms. The summed E-state index contributed by atoms with van der Waals surface area (Å²) < 4.78 is 5.36. The van der Waals surface area contributed by atoms with E-state index in [-0.39, 0.29) is 11.8 Å². The first kappa shape index (κ1) is 23.0. The number of methoxy groups -OCH3 is 1. The number of nitrogens with zero attached hydrogens (tertiary/aromatic N) is 3. The summed E-state index contributed by atoms with van der Waals surface area (Å²) in [6.07, 6.45) is 12.8. The van der Waals surface area contributed by atoms with Crippen molar-refractivity contribution in [2.75, 3.05) is 20.2 Å². The van der Waals surface area contributed by atoms with Crippen LogP contribution in [-0.2, 0) is 17.8 Å². The number of hydrogen-bond acceptors (Lipinski definition) is 5. The zero-order valence-electron chi connectivity index (χ0n) is 19.2. The Morgan fingerprint density at radius 1 is 1.15 bits per heavy atom. The quantitative estimate of drug-likeness (QED) is 0.655. The molecule has 1 aromatic carbocycles. The third-order valence-electron chi connectivity index (χ3n) is 6.70. The number of ether oxygens (including phenoxy) is 1. The van der Waals surface area contributed by atoms with Crippen molar-refractivity contribution in [1.82, 2.24) is 20.2 Å². The number of hydrogen-bond donors (Lipinski definition) is 1. The average Bonchev–Trinajstić information content (AvgIpc) is 2.88. The van der Waals surface area contributed by atoms with Gasteiger partial charge in [0.05, 0.1) is 18.4 Å². The Labute approximate surface area is 195 Å². The number of amides is 2. The monoisotopic (exact) mass is 448 g/mol. The molecule has 2 heterocycles. The fourth-order valence-electron chi connectivity index (χ4n) is 4.73.